The van der Waals surface area contributed by atoms with Crippen LogP contribution in [0, 0.1) is 0 Å². The first-order valence-corrected chi connectivity index (χ1v) is 7.73. The Morgan fingerprint density at radius 2 is 1.57 bits per heavy atom. The quantitative estimate of drug-likeness (QED) is 0.827. The first-order valence-electron chi connectivity index (χ1n) is 7.73. The van der Waals surface area contributed by atoms with Gasteiger partial charge in [-0.25, -0.2) is 0 Å². The van der Waals surface area contributed by atoms with E-state index in [1.54, 1.807) is 19.1 Å². The van der Waals surface area contributed by atoms with Crippen molar-refractivity contribution in [2.24, 2.45) is 0 Å². The van der Waals surface area contributed by atoms with E-state index in [2.05, 4.69) is 5.32 Å². The predicted molar refractivity (Wildman–Crippen MR) is 90.1 cm³/mol. The highest BCUT2D eigenvalue weighted by Gasteiger charge is 2.25. The van der Waals surface area contributed by atoms with Crippen LogP contribution in [0.25, 0.3) is 0 Å². The van der Waals surface area contributed by atoms with Crippen molar-refractivity contribution in [1.82, 2.24) is 0 Å². The van der Waals surface area contributed by atoms with Crippen molar-refractivity contribution >= 4 is 17.6 Å². The molecule has 4 nitrogen and oxygen atoms in total. The van der Waals surface area contributed by atoms with Crippen LogP contribution in [-0.4, -0.2) is 18.0 Å². The third-order valence-corrected chi connectivity index (χ3v) is 3.60. The predicted octanol–water partition coefficient (Wildman–Crippen LogP) is 3.75. The molecule has 0 aliphatic heterocycles. The van der Waals surface area contributed by atoms with Crippen molar-refractivity contribution in [2.75, 3.05) is 5.32 Å². The highest BCUT2D eigenvalue weighted by atomic mass is 16.5. The molecule has 0 aromatic heterocycles. The lowest BCUT2D eigenvalue weighted by molar-refractivity contribution is -0.154. The summed E-state index contributed by atoms with van der Waals surface area (Å²) in [5.74, 6) is -1.08. The van der Waals surface area contributed by atoms with Gasteiger partial charge in [-0.1, -0.05) is 55.5 Å². The van der Waals surface area contributed by atoms with E-state index in [1.807, 2.05) is 55.5 Å². The average Bonchev–Trinajstić information content (AvgIpc) is 2.57. The Morgan fingerprint density at radius 1 is 1.00 bits per heavy atom. The lowest BCUT2D eigenvalue weighted by Crippen LogP contribution is -2.31. The van der Waals surface area contributed by atoms with Crippen molar-refractivity contribution in [3.63, 3.8) is 0 Å². The van der Waals surface area contributed by atoms with Crippen LogP contribution < -0.4 is 5.32 Å². The number of carbonyl (C=O) groups is 2. The maximum Gasteiger partial charge on any atom is 0.314 e. The number of anilines is 1. The van der Waals surface area contributed by atoms with Crippen LogP contribution in [-0.2, 0) is 14.3 Å². The van der Waals surface area contributed by atoms with Crippen molar-refractivity contribution in [3.05, 3.63) is 66.2 Å². The van der Waals surface area contributed by atoms with E-state index in [1.165, 1.54) is 0 Å². The molecule has 2 aromatic rings. The highest BCUT2D eigenvalue weighted by Crippen LogP contribution is 2.21. The molecule has 23 heavy (non-hydrogen) atoms. The second-order valence-corrected chi connectivity index (χ2v) is 5.31. The molecular weight excluding hydrogens is 290 g/mol. The molecule has 120 valence electrons. The van der Waals surface area contributed by atoms with E-state index in [0.29, 0.717) is 12.1 Å². The van der Waals surface area contributed by atoms with Gasteiger partial charge in [-0.3, -0.25) is 9.59 Å². The second kappa shape index (κ2) is 8.13. The lowest BCUT2D eigenvalue weighted by atomic mass is 9.97. The van der Waals surface area contributed by atoms with Gasteiger partial charge in [0.2, 0.25) is 0 Å². The summed E-state index contributed by atoms with van der Waals surface area (Å²) < 4.78 is 5.34. The summed E-state index contributed by atoms with van der Waals surface area (Å²) in [7, 11) is 0. The van der Waals surface area contributed by atoms with Crippen molar-refractivity contribution in [1.29, 1.82) is 0 Å². The summed E-state index contributed by atoms with van der Waals surface area (Å²) in [6, 6.07) is 18.5. The Kier molecular flexibility index (Phi) is 5.92. The lowest BCUT2D eigenvalue weighted by Gasteiger charge is -2.18. The van der Waals surface area contributed by atoms with Crippen LogP contribution >= 0.6 is 0 Å². The zero-order valence-corrected chi connectivity index (χ0v) is 13.4. The van der Waals surface area contributed by atoms with Gasteiger partial charge in [-0.05, 0) is 31.0 Å². The van der Waals surface area contributed by atoms with Gasteiger partial charge in [-0.15, -0.1) is 0 Å². The van der Waals surface area contributed by atoms with E-state index < -0.39 is 6.10 Å². The van der Waals surface area contributed by atoms with Gasteiger partial charge in [0.15, 0.2) is 6.10 Å². The Labute approximate surface area is 136 Å². The third-order valence-electron chi connectivity index (χ3n) is 3.60. The molecular formula is C19H21NO3. The summed E-state index contributed by atoms with van der Waals surface area (Å²) in [6.45, 7) is 3.50. The van der Waals surface area contributed by atoms with Crippen LogP contribution in [0.2, 0.25) is 0 Å². The molecule has 0 fully saturated rings. The number of rotatable bonds is 6. The molecule has 0 aliphatic rings. The van der Waals surface area contributed by atoms with E-state index in [-0.39, 0.29) is 17.8 Å². The van der Waals surface area contributed by atoms with Gasteiger partial charge in [0, 0.05) is 5.69 Å². The molecule has 2 aromatic carbocycles. The van der Waals surface area contributed by atoms with Crippen LogP contribution in [0.4, 0.5) is 5.69 Å². The molecule has 0 saturated heterocycles. The molecule has 1 N–H and O–H groups in total. The van der Waals surface area contributed by atoms with Crippen molar-refractivity contribution in [2.45, 2.75) is 32.3 Å². The second-order valence-electron chi connectivity index (χ2n) is 5.31. The van der Waals surface area contributed by atoms with Crippen molar-refractivity contribution in [3.8, 4) is 0 Å². The Hall–Kier alpha value is -2.62. The topological polar surface area (TPSA) is 55.4 Å². The molecule has 0 bridgehead atoms. The van der Waals surface area contributed by atoms with Crippen LogP contribution in [0.3, 0.4) is 0 Å². The van der Waals surface area contributed by atoms with Gasteiger partial charge < -0.3 is 10.1 Å². The highest BCUT2D eigenvalue weighted by molar-refractivity contribution is 5.95. The van der Waals surface area contributed by atoms with E-state index in [0.717, 1.165) is 5.56 Å². The number of para-hydroxylation sites is 1. The minimum atomic E-state index is -0.847. The van der Waals surface area contributed by atoms with Crippen LogP contribution in [0.1, 0.15) is 31.7 Å². The minimum Gasteiger partial charge on any atom is -0.452 e. The number of nitrogens with one attached hydrogen (secondary N) is 1. The van der Waals surface area contributed by atoms with E-state index in [9.17, 15) is 9.59 Å². The Morgan fingerprint density at radius 3 is 2.13 bits per heavy atom. The Balaban J connectivity index is 1.97. The summed E-state index contributed by atoms with van der Waals surface area (Å²) in [5.41, 5.74) is 1.58. The number of carbonyl (C=O) groups excluding carboxylic acids is 2. The summed E-state index contributed by atoms with van der Waals surface area (Å²) in [4.78, 5) is 24.4. The fourth-order valence-corrected chi connectivity index (χ4v) is 2.30. The number of benzene rings is 2. The van der Waals surface area contributed by atoms with Gasteiger partial charge >= 0.3 is 5.97 Å². The van der Waals surface area contributed by atoms with Gasteiger partial charge in [0.1, 0.15) is 0 Å². The fourth-order valence-electron chi connectivity index (χ4n) is 2.30. The molecule has 0 saturated carbocycles. The molecule has 4 heteroatoms. The van der Waals surface area contributed by atoms with Gasteiger partial charge in [0.25, 0.3) is 5.91 Å². The smallest absolute Gasteiger partial charge is 0.314 e. The number of hydrogen-bond donors (Lipinski definition) is 1. The van der Waals surface area contributed by atoms with E-state index >= 15 is 0 Å². The molecule has 1 amide bonds. The number of ether oxygens (including phenoxy) is 1. The van der Waals surface area contributed by atoms with Crippen LogP contribution in [0.5, 0.6) is 0 Å². The molecule has 2 atom stereocenters. The van der Waals surface area contributed by atoms with Crippen molar-refractivity contribution < 1.29 is 14.3 Å². The largest absolute Gasteiger partial charge is 0.452 e. The molecule has 0 radical (unpaired) electrons. The Bertz CT molecular complexity index is 640. The number of amides is 1. The van der Waals surface area contributed by atoms with E-state index in [4.69, 9.17) is 4.74 Å². The number of hydrogen-bond acceptors (Lipinski definition) is 3. The zero-order valence-electron chi connectivity index (χ0n) is 13.4. The SMILES string of the molecule is CC[C@H](C(=O)O[C@H](C)C(=O)Nc1ccccc1)c1ccccc1. The zero-order chi connectivity index (χ0) is 16.7. The first kappa shape index (κ1) is 16.7. The molecule has 0 unspecified atom stereocenters. The average molecular weight is 311 g/mol. The standard InChI is InChI=1S/C19H21NO3/c1-3-17(15-10-6-4-7-11-15)19(22)23-14(2)18(21)20-16-12-8-5-9-13-16/h4-14,17H,3H2,1-2H3,(H,20,21)/t14-,17+/m1/s1. The first-order chi connectivity index (χ1) is 11.1. The normalized spacial score (nSPS) is 13.0. The maximum atomic E-state index is 12.3. The monoisotopic (exact) mass is 311 g/mol. The maximum absolute atomic E-state index is 12.3. The summed E-state index contributed by atoms with van der Waals surface area (Å²) in [5, 5.41) is 2.73. The third kappa shape index (κ3) is 4.68. The molecule has 0 spiro atoms. The summed E-state index contributed by atoms with van der Waals surface area (Å²) in [6.07, 6.45) is -0.226. The molecule has 2 rings (SSSR count). The summed E-state index contributed by atoms with van der Waals surface area (Å²) >= 11 is 0. The van der Waals surface area contributed by atoms with Gasteiger partial charge in [-0.2, -0.15) is 0 Å². The van der Waals surface area contributed by atoms with Crippen LogP contribution in [0.15, 0.2) is 60.7 Å². The molecule has 0 heterocycles. The fraction of sp³-hybridized carbons (Fsp3) is 0.263. The minimum absolute atomic E-state index is 0.340. The van der Waals surface area contributed by atoms with Gasteiger partial charge in [0.05, 0.1) is 5.92 Å². The number of esters is 1. The molecule has 0 aliphatic carbocycles.